The van der Waals surface area contributed by atoms with Crippen LogP contribution in [0.1, 0.15) is 25.5 Å². The first-order valence-electron chi connectivity index (χ1n) is 9.15. The van der Waals surface area contributed by atoms with Gasteiger partial charge in [-0.05, 0) is 37.6 Å². The summed E-state index contributed by atoms with van der Waals surface area (Å²) in [5.41, 5.74) is 1.24. The number of urea groups is 1. The van der Waals surface area contributed by atoms with E-state index in [1.54, 1.807) is 29.3 Å². The number of piperazine rings is 1. The minimum atomic E-state index is -0.446. The molecule has 6 nitrogen and oxygen atoms in total. The Bertz CT molecular complexity index is 849. The van der Waals surface area contributed by atoms with Crippen LogP contribution in [0.25, 0.3) is 0 Å². The number of carbonyl (C=O) groups is 1. The van der Waals surface area contributed by atoms with Crippen LogP contribution in [0, 0.1) is 11.6 Å². The topological polar surface area (TPSA) is 57.7 Å². The largest absolute Gasteiger partial charge is 0.494 e. The molecule has 0 spiro atoms. The first kappa shape index (κ1) is 19.9. The predicted octanol–water partition coefficient (Wildman–Crippen LogP) is 3.35. The minimum absolute atomic E-state index is 0.101. The highest BCUT2D eigenvalue weighted by atomic mass is 19.1. The molecule has 0 saturated carbocycles. The molecule has 2 heterocycles. The number of hydrogen-bond acceptors (Lipinski definition) is 4. The van der Waals surface area contributed by atoms with Gasteiger partial charge in [0.2, 0.25) is 0 Å². The third kappa shape index (κ3) is 4.16. The SMILES string of the molecule is COc1cc([C@@H](C)NC(=O)N2CCN(c3ccncc3F)C[C@H]2C)ccc1F. The van der Waals surface area contributed by atoms with Gasteiger partial charge in [0.25, 0.3) is 0 Å². The molecule has 1 aliphatic rings. The molecule has 8 heteroatoms. The van der Waals surface area contributed by atoms with Gasteiger partial charge in [0.15, 0.2) is 17.4 Å². The summed E-state index contributed by atoms with van der Waals surface area (Å²) in [5.74, 6) is -0.677. The van der Waals surface area contributed by atoms with Crippen LogP contribution in [0.4, 0.5) is 19.3 Å². The van der Waals surface area contributed by atoms with Crippen LogP contribution in [0.2, 0.25) is 0 Å². The fourth-order valence-electron chi connectivity index (χ4n) is 3.40. The maximum Gasteiger partial charge on any atom is 0.318 e. The number of ether oxygens (including phenoxy) is 1. The molecule has 150 valence electrons. The standard InChI is InChI=1S/C20H24F2N4O2/c1-13-12-25(18-6-7-23-11-17(18)22)8-9-26(13)20(27)24-14(2)15-4-5-16(21)19(10-15)28-3/h4-7,10-11,13-14H,8-9,12H2,1-3H3,(H,24,27)/t13-,14-/m1/s1. The number of amides is 2. The molecule has 1 saturated heterocycles. The number of nitrogens with zero attached hydrogens (tertiary/aromatic N) is 3. The van der Waals surface area contributed by atoms with Gasteiger partial charge < -0.3 is 19.9 Å². The van der Waals surface area contributed by atoms with E-state index in [4.69, 9.17) is 4.74 Å². The average Bonchev–Trinajstić information content (AvgIpc) is 2.68. The molecular weight excluding hydrogens is 366 g/mol. The molecule has 0 unspecified atom stereocenters. The molecule has 2 amide bonds. The van der Waals surface area contributed by atoms with Crippen LogP contribution in [0.15, 0.2) is 36.7 Å². The number of halogens is 2. The number of benzene rings is 1. The van der Waals surface area contributed by atoms with E-state index in [1.807, 2.05) is 18.7 Å². The van der Waals surface area contributed by atoms with Crippen molar-refractivity contribution in [1.82, 2.24) is 15.2 Å². The lowest BCUT2D eigenvalue weighted by Gasteiger charge is -2.41. The van der Waals surface area contributed by atoms with Gasteiger partial charge in [-0.25, -0.2) is 13.6 Å². The van der Waals surface area contributed by atoms with E-state index < -0.39 is 5.82 Å². The molecule has 1 fully saturated rings. The van der Waals surface area contributed by atoms with Crippen molar-refractivity contribution < 1.29 is 18.3 Å². The number of hydrogen-bond donors (Lipinski definition) is 1. The number of pyridine rings is 1. The second-order valence-corrected chi connectivity index (χ2v) is 6.88. The molecular formula is C20H24F2N4O2. The van der Waals surface area contributed by atoms with E-state index in [9.17, 15) is 13.6 Å². The lowest BCUT2D eigenvalue weighted by Crippen LogP contribution is -2.57. The predicted molar refractivity (Wildman–Crippen MR) is 102 cm³/mol. The molecule has 1 aromatic heterocycles. The highest BCUT2D eigenvalue weighted by Gasteiger charge is 2.29. The number of rotatable bonds is 4. The Morgan fingerprint density at radius 3 is 2.75 bits per heavy atom. The van der Waals surface area contributed by atoms with Crippen molar-refractivity contribution in [2.75, 3.05) is 31.6 Å². The average molecular weight is 390 g/mol. The number of aromatic nitrogens is 1. The molecule has 28 heavy (non-hydrogen) atoms. The summed E-state index contributed by atoms with van der Waals surface area (Å²) in [6.45, 7) is 5.27. The summed E-state index contributed by atoms with van der Waals surface area (Å²) in [6.07, 6.45) is 2.75. The van der Waals surface area contributed by atoms with Crippen molar-refractivity contribution in [3.63, 3.8) is 0 Å². The van der Waals surface area contributed by atoms with Crippen LogP contribution < -0.4 is 15.0 Å². The van der Waals surface area contributed by atoms with Crippen LogP contribution in [-0.4, -0.2) is 48.7 Å². The number of methoxy groups -OCH3 is 1. The van der Waals surface area contributed by atoms with E-state index >= 15 is 0 Å². The van der Waals surface area contributed by atoms with Gasteiger partial charge in [-0.15, -0.1) is 0 Å². The maximum atomic E-state index is 14.0. The van der Waals surface area contributed by atoms with E-state index in [-0.39, 0.29) is 29.7 Å². The summed E-state index contributed by atoms with van der Waals surface area (Å²) in [7, 11) is 1.40. The van der Waals surface area contributed by atoms with Crippen molar-refractivity contribution in [2.45, 2.75) is 25.9 Å². The molecule has 2 atom stereocenters. The zero-order valence-electron chi connectivity index (χ0n) is 16.2. The highest BCUT2D eigenvalue weighted by molar-refractivity contribution is 5.75. The molecule has 2 aromatic rings. The first-order valence-corrected chi connectivity index (χ1v) is 9.15. The number of carbonyl (C=O) groups excluding carboxylic acids is 1. The summed E-state index contributed by atoms with van der Waals surface area (Å²) >= 11 is 0. The van der Waals surface area contributed by atoms with Crippen molar-refractivity contribution in [3.8, 4) is 5.75 Å². The van der Waals surface area contributed by atoms with E-state index in [1.165, 1.54) is 19.4 Å². The Kier molecular flexibility index (Phi) is 5.96. The maximum absolute atomic E-state index is 14.0. The summed E-state index contributed by atoms with van der Waals surface area (Å²) in [6, 6.07) is 5.53. The summed E-state index contributed by atoms with van der Waals surface area (Å²) in [4.78, 5) is 20.1. The fraction of sp³-hybridized carbons (Fsp3) is 0.400. The molecule has 0 aliphatic carbocycles. The number of nitrogens with one attached hydrogen (secondary N) is 1. The second-order valence-electron chi connectivity index (χ2n) is 6.88. The molecule has 1 aromatic carbocycles. The molecule has 3 rings (SSSR count). The Morgan fingerprint density at radius 2 is 2.07 bits per heavy atom. The highest BCUT2D eigenvalue weighted by Crippen LogP contribution is 2.24. The third-order valence-electron chi connectivity index (χ3n) is 5.00. The van der Waals surface area contributed by atoms with Gasteiger partial charge >= 0.3 is 6.03 Å². The van der Waals surface area contributed by atoms with Gasteiger partial charge in [0, 0.05) is 31.9 Å². The quantitative estimate of drug-likeness (QED) is 0.870. The molecule has 1 aliphatic heterocycles. The molecule has 0 bridgehead atoms. The zero-order chi connectivity index (χ0) is 20.3. The van der Waals surface area contributed by atoms with Gasteiger partial charge in [0.1, 0.15) is 0 Å². The van der Waals surface area contributed by atoms with Crippen molar-refractivity contribution in [2.24, 2.45) is 0 Å². The van der Waals surface area contributed by atoms with Crippen LogP contribution >= 0.6 is 0 Å². The van der Waals surface area contributed by atoms with Crippen LogP contribution in [0.5, 0.6) is 5.75 Å². The van der Waals surface area contributed by atoms with Crippen LogP contribution in [-0.2, 0) is 0 Å². The molecule has 1 N–H and O–H groups in total. The Labute approximate surface area is 163 Å². The monoisotopic (exact) mass is 390 g/mol. The van der Waals surface area contributed by atoms with Crippen molar-refractivity contribution >= 4 is 11.7 Å². The van der Waals surface area contributed by atoms with Gasteiger partial charge in [0.05, 0.1) is 25.0 Å². The van der Waals surface area contributed by atoms with Gasteiger partial charge in [-0.2, -0.15) is 0 Å². The van der Waals surface area contributed by atoms with E-state index in [0.29, 0.717) is 25.3 Å². The lowest BCUT2D eigenvalue weighted by atomic mass is 10.1. The van der Waals surface area contributed by atoms with E-state index in [0.717, 1.165) is 5.56 Å². The Balaban J connectivity index is 1.63. The minimum Gasteiger partial charge on any atom is -0.494 e. The third-order valence-corrected chi connectivity index (χ3v) is 5.00. The van der Waals surface area contributed by atoms with Crippen LogP contribution in [0.3, 0.4) is 0 Å². The fourth-order valence-corrected chi connectivity index (χ4v) is 3.40. The Morgan fingerprint density at radius 1 is 1.29 bits per heavy atom. The van der Waals surface area contributed by atoms with Crippen molar-refractivity contribution in [1.29, 1.82) is 0 Å². The summed E-state index contributed by atoms with van der Waals surface area (Å²) < 4.78 is 32.6. The van der Waals surface area contributed by atoms with Crippen molar-refractivity contribution in [3.05, 3.63) is 53.9 Å². The van der Waals surface area contributed by atoms with Gasteiger partial charge in [-0.3, -0.25) is 4.98 Å². The zero-order valence-corrected chi connectivity index (χ0v) is 16.2. The number of anilines is 1. The normalized spacial score (nSPS) is 18.0. The van der Waals surface area contributed by atoms with Gasteiger partial charge in [-0.1, -0.05) is 6.07 Å². The smallest absolute Gasteiger partial charge is 0.318 e. The lowest BCUT2D eigenvalue weighted by molar-refractivity contribution is 0.168. The molecule has 0 radical (unpaired) electrons. The second kappa shape index (κ2) is 8.41. The first-order chi connectivity index (χ1) is 13.4. The van der Waals surface area contributed by atoms with E-state index in [2.05, 4.69) is 10.3 Å². The summed E-state index contributed by atoms with van der Waals surface area (Å²) in [5, 5.41) is 2.94. The Hall–Kier alpha value is -2.90.